The van der Waals surface area contributed by atoms with Gasteiger partial charge in [0.25, 0.3) is 0 Å². The maximum Gasteiger partial charge on any atom is 0.143 e. The molecule has 2 aromatic heterocycles. The summed E-state index contributed by atoms with van der Waals surface area (Å²) in [6.45, 7) is 16.9. The highest BCUT2D eigenvalue weighted by atomic mass is 16.5. The minimum atomic E-state index is 0.164. The molecule has 1 aromatic carbocycles. The van der Waals surface area contributed by atoms with Gasteiger partial charge in [-0.05, 0) is 63.8 Å². The number of carbonyl (C=O) groups excluding carboxylic acids is 1. The molecule has 2 atom stereocenters. The van der Waals surface area contributed by atoms with Crippen LogP contribution in [0.5, 0.6) is 0 Å². The van der Waals surface area contributed by atoms with Crippen LogP contribution in [0.15, 0.2) is 22.7 Å². The second-order valence-electron chi connectivity index (χ2n) is 10.2. The van der Waals surface area contributed by atoms with Crippen LogP contribution < -0.4 is 5.32 Å². The van der Waals surface area contributed by atoms with Crippen LogP contribution in [0.4, 0.5) is 0 Å². The van der Waals surface area contributed by atoms with Gasteiger partial charge in [-0.15, -0.1) is 0 Å². The minimum Gasteiger partial charge on any atom is -0.361 e. The first-order chi connectivity index (χ1) is 16.8. The Labute approximate surface area is 209 Å². The number of benzene rings is 1. The number of nitrogens with zero attached hydrogens (tertiary/aromatic N) is 4. The van der Waals surface area contributed by atoms with Crippen LogP contribution in [-0.4, -0.2) is 58.1 Å². The van der Waals surface area contributed by atoms with E-state index in [9.17, 15) is 4.79 Å². The van der Waals surface area contributed by atoms with Crippen LogP contribution >= 0.6 is 0 Å². The third-order valence-electron chi connectivity index (χ3n) is 7.81. The predicted molar refractivity (Wildman–Crippen MR) is 141 cm³/mol. The van der Waals surface area contributed by atoms with E-state index >= 15 is 0 Å². The standard InChI is InChI=1S/C28H41N5O2/c1-7-18(3)24(17-29-16-19(4)34)28-30-25-15-22(27-20(5)31-35-21(27)6)9-10-26(25)33(28)23-11-13-32(8-2)14-12-23/h9-10,15,18,23-24,29H,7-8,11-14,16-17H2,1-6H3/t18-,24?/m1/s1. The summed E-state index contributed by atoms with van der Waals surface area (Å²) in [7, 11) is 0. The molecular formula is C28H41N5O2. The Bertz CT molecular complexity index is 1140. The third-order valence-corrected chi connectivity index (χ3v) is 7.81. The number of aromatic nitrogens is 3. The van der Waals surface area contributed by atoms with E-state index in [-0.39, 0.29) is 11.7 Å². The molecule has 190 valence electrons. The second kappa shape index (κ2) is 11.0. The molecule has 0 aliphatic carbocycles. The number of imidazole rings is 1. The Kier molecular flexibility index (Phi) is 8.07. The lowest BCUT2D eigenvalue weighted by Crippen LogP contribution is -2.36. The Morgan fingerprint density at radius 1 is 1.23 bits per heavy atom. The van der Waals surface area contributed by atoms with Crippen LogP contribution in [0.25, 0.3) is 22.2 Å². The van der Waals surface area contributed by atoms with Gasteiger partial charge in [0, 0.05) is 37.2 Å². The first-order valence-corrected chi connectivity index (χ1v) is 13.2. The van der Waals surface area contributed by atoms with Gasteiger partial charge in [-0.2, -0.15) is 0 Å². The molecule has 0 radical (unpaired) electrons. The van der Waals surface area contributed by atoms with Gasteiger partial charge < -0.3 is 19.3 Å². The number of likely N-dealkylation sites (tertiary alicyclic amines) is 1. The number of fused-ring (bicyclic) bond motifs is 1. The molecule has 1 aliphatic heterocycles. The molecule has 7 nitrogen and oxygen atoms in total. The number of rotatable bonds is 10. The van der Waals surface area contributed by atoms with Crippen molar-refractivity contribution in [2.75, 3.05) is 32.7 Å². The van der Waals surface area contributed by atoms with Crippen LogP contribution in [0.2, 0.25) is 0 Å². The highest BCUT2D eigenvalue weighted by Gasteiger charge is 2.30. The summed E-state index contributed by atoms with van der Waals surface area (Å²) >= 11 is 0. The van der Waals surface area contributed by atoms with Crippen molar-refractivity contribution < 1.29 is 9.32 Å². The van der Waals surface area contributed by atoms with E-state index in [1.54, 1.807) is 6.92 Å². The van der Waals surface area contributed by atoms with Gasteiger partial charge in [-0.1, -0.05) is 38.4 Å². The summed E-state index contributed by atoms with van der Waals surface area (Å²) in [4.78, 5) is 19.5. The van der Waals surface area contributed by atoms with Crippen molar-refractivity contribution in [1.29, 1.82) is 0 Å². The molecule has 1 unspecified atom stereocenters. The Morgan fingerprint density at radius 2 is 1.97 bits per heavy atom. The first-order valence-electron chi connectivity index (χ1n) is 13.2. The first kappa shape index (κ1) is 25.6. The van der Waals surface area contributed by atoms with Crippen LogP contribution in [0, 0.1) is 19.8 Å². The van der Waals surface area contributed by atoms with Crippen molar-refractivity contribution in [3.05, 3.63) is 35.5 Å². The number of Topliss-reactive ketones (excluding diaryl/α,β-unsaturated/α-hetero) is 1. The van der Waals surface area contributed by atoms with Gasteiger partial charge >= 0.3 is 0 Å². The number of piperidine rings is 1. The summed E-state index contributed by atoms with van der Waals surface area (Å²) in [6.07, 6.45) is 3.33. The molecule has 3 heterocycles. The normalized spacial score (nSPS) is 17.2. The minimum absolute atomic E-state index is 0.164. The largest absolute Gasteiger partial charge is 0.361 e. The maximum atomic E-state index is 11.6. The van der Waals surface area contributed by atoms with Crippen molar-refractivity contribution in [1.82, 2.24) is 24.9 Å². The maximum absolute atomic E-state index is 11.6. The molecule has 1 N–H and O–H groups in total. The molecule has 0 spiro atoms. The monoisotopic (exact) mass is 479 g/mol. The number of carbonyl (C=O) groups is 1. The molecule has 4 rings (SSSR count). The van der Waals surface area contributed by atoms with Gasteiger partial charge in [0.15, 0.2) is 0 Å². The van der Waals surface area contributed by atoms with Gasteiger partial charge in [0.2, 0.25) is 0 Å². The van der Waals surface area contributed by atoms with Gasteiger partial charge in [-0.25, -0.2) is 4.98 Å². The van der Waals surface area contributed by atoms with Gasteiger partial charge in [0.05, 0.1) is 23.3 Å². The molecule has 0 bridgehead atoms. The van der Waals surface area contributed by atoms with Crippen molar-refractivity contribution in [3.63, 3.8) is 0 Å². The summed E-state index contributed by atoms with van der Waals surface area (Å²) in [5.74, 6) is 2.83. The van der Waals surface area contributed by atoms with Crippen molar-refractivity contribution in [2.24, 2.45) is 5.92 Å². The molecule has 7 heteroatoms. The molecule has 3 aromatic rings. The molecule has 1 saturated heterocycles. The van der Waals surface area contributed by atoms with Crippen LogP contribution in [0.1, 0.15) is 76.2 Å². The number of nitrogens with one attached hydrogen (secondary N) is 1. The van der Waals surface area contributed by atoms with Crippen molar-refractivity contribution in [3.8, 4) is 11.1 Å². The Hall–Kier alpha value is -2.51. The fraction of sp³-hybridized carbons (Fsp3) is 0.607. The summed E-state index contributed by atoms with van der Waals surface area (Å²) in [6, 6.07) is 7.04. The zero-order valence-electron chi connectivity index (χ0n) is 22.2. The van der Waals surface area contributed by atoms with Gasteiger partial charge in [-0.3, -0.25) is 4.79 Å². The lowest BCUT2D eigenvalue weighted by Gasteiger charge is -2.34. The molecular weight excluding hydrogens is 438 g/mol. The molecule has 35 heavy (non-hydrogen) atoms. The van der Waals surface area contributed by atoms with E-state index in [4.69, 9.17) is 9.51 Å². The Morgan fingerprint density at radius 3 is 2.57 bits per heavy atom. The molecule has 1 aliphatic rings. The quantitative estimate of drug-likeness (QED) is 0.427. The van der Waals surface area contributed by atoms with E-state index in [0.29, 0.717) is 18.5 Å². The van der Waals surface area contributed by atoms with Crippen LogP contribution in [0.3, 0.4) is 0 Å². The smallest absolute Gasteiger partial charge is 0.143 e. The van der Waals surface area contributed by atoms with E-state index in [1.807, 2.05) is 13.8 Å². The average Bonchev–Trinajstić information content (AvgIpc) is 3.39. The second-order valence-corrected chi connectivity index (χ2v) is 10.2. The Balaban J connectivity index is 1.80. The average molecular weight is 480 g/mol. The van der Waals surface area contributed by atoms with E-state index in [1.165, 1.54) is 5.52 Å². The number of aryl methyl sites for hydroxylation is 2. The predicted octanol–water partition coefficient (Wildman–Crippen LogP) is 5.27. The van der Waals surface area contributed by atoms with Gasteiger partial charge in [0.1, 0.15) is 17.4 Å². The van der Waals surface area contributed by atoms with E-state index < -0.39 is 0 Å². The van der Waals surface area contributed by atoms with E-state index in [0.717, 1.165) is 79.4 Å². The molecule has 1 fully saturated rings. The van der Waals surface area contributed by atoms with Crippen molar-refractivity contribution in [2.45, 2.75) is 72.8 Å². The fourth-order valence-electron chi connectivity index (χ4n) is 5.54. The SMILES string of the molecule is CC[C@@H](C)C(CNCC(C)=O)c1nc2cc(-c3c(C)noc3C)ccc2n1C1CCN(CC)CC1. The molecule has 0 saturated carbocycles. The highest BCUT2D eigenvalue weighted by Crippen LogP contribution is 2.37. The zero-order valence-corrected chi connectivity index (χ0v) is 22.2. The summed E-state index contributed by atoms with van der Waals surface area (Å²) < 4.78 is 7.97. The topological polar surface area (TPSA) is 76.2 Å². The molecule has 0 amide bonds. The van der Waals surface area contributed by atoms with Crippen LogP contribution in [-0.2, 0) is 4.79 Å². The van der Waals surface area contributed by atoms with Crippen molar-refractivity contribution >= 4 is 16.8 Å². The summed E-state index contributed by atoms with van der Waals surface area (Å²) in [5.41, 5.74) is 5.28. The number of hydrogen-bond acceptors (Lipinski definition) is 6. The lowest BCUT2D eigenvalue weighted by molar-refractivity contribution is -0.116. The summed E-state index contributed by atoms with van der Waals surface area (Å²) in [5, 5.41) is 7.56. The lowest BCUT2D eigenvalue weighted by atomic mass is 9.90. The fourth-order valence-corrected chi connectivity index (χ4v) is 5.54. The zero-order chi connectivity index (χ0) is 25.1. The third kappa shape index (κ3) is 5.36. The van der Waals surface area contributed by atoms with E-state index in [2.05, 4.69) is 58.9 Å². The number of ketones is 1. The highest BCUT2D eigenvalue weighted by molar-refractivity contribution is 5.84. The number of hydrogen-bond donors (Lipinski definition) is 1.